The van der Waals surface area contributed by atoms with E-state index in [1.807, 2.05) is 0 Å². The third kappa shape index (κ3) is 1.89. The van der Waals surface area contributed by atoms with Gasteiger partial charge < -0.3 is 9.47 Å². The van der Waals surface area contributed by atoms with Crippen molar-refractivity contribution in [2.24, 2.45) is 0 Å². The van der Waals surface area contributed by atoms with E-state index in [1.54, 1.807) is 0 Å². The number of fused-ring (bicyclic) bond motifs is 1. The molecule has 0 bridgehead atoms. The number of likely N-dealkylation sites (N-methyl/N-ethyl adjacent to an activating group) is 1. The summed E-state index contributed by atoms with van der Waals surface area (Å²) >= 11 is 6.30. The largest absolute Gasteiger partial charge is 0.327 e. The van der Waals surface area contributed by atoms with Crippen LogP contribution in [0.5, 0.6) is 0 Å². The molecule has 2 atom stereocenters. The summed E-state index contributed by atoms with van der Waals surface area (Å²) < 4.78 is 2.43. The lowest BCUT2D eigenvalue weighted by atomic mass is 10.0. The average molecular weight is 254 g/mol. The van der Waals surface area contributed by atoms with E-state index in [4.69, 9.17) is 11.6 Å². The van der Waals surface area contributed by atoms with Crippen molar-refractivity contribution in [2.45, 2.75) is 44.6 Å². The third-order valence-corrected chi connectivity index (χ3v) is 4.52. The Bertz CT molecular complexity index is 427. The first-order valence-corrected chi connectivity index (χ1v) is 6.99. The van der Waals surface area contributed by atoms with Crippen molar-refractivity contribution in [3.8, 4) is 0 Å². The molecular formula is C13H20ClN3. The zero-order valence-corrected chi connectivity index (χ0v) is 11.4. The van der Waals surface area contributed by atoms with E-state index in [1.165, 1.54) is 37.3 Å². The highest BCUT2D eigenvalue weighted by Crippen LogP contribution is 2.36. The Morgan fingerprint density at radius 3 is 2.88 bits per heavy atom. The number of imidazole rings is 1. The summed E-state index contributed by atoms with van der Waals surface area (Å²) in [4.78, 5) is 7.04. The van der Waals surface area contributed by atoms with Crippen LogP contribution in [0.2, 0.25) is 5.15 Å². The van der Waals surface area contributed by atoms with Gasteiger partial charge in [-0.2, -0.15) is 0 Å². The van der Waals surface area contributed by atoms with Crippen LogP contribution in [-0.4, -0.2) is 34.6 Å². The number of aromatic nitrogens is 2. The van der Waals surface area contributed by atoms with Crippen LogP contribution in [-0.2, 0) is 6.42 Å². The van der Waals surface area contributed by atoms with Gasteiger partial charge in [0.15, 0.2) is 5.15 Å². The van der Waals surface area contributed by atoms with Crippen LogP contribution in [0.25, 0.3) is 0 Å². The van der Waals surface area contributed by atoms with E-state index in [9.17, 15) is 0 Å². The third-order valence-electron chi connectivity index (χ3n) is 4.22. The topological polar surface area (TPSA) is 21.1 Å². The first-order chi connectivity index (χ1) is 8.16. The molecule has 0 aromatic carbocycles. The lowest BCUT2D eigenvalue weighted by Gasteiger charge is -2.25. The van der Waals surface area contributed by atoms with Gasteiger partial charge in [-0.3, -0.25) is 0 Å². The van der Waals surface area contributed by atoms with Crippen molar-refractivity contribution in [3.63, 3.8) is 0 Å². The monoisotopic (exact) mass is 253 g/mol. The molecule has 2 aliphatic rings. The summed E-state index contributed by atoms with van der Waals surface area (Å²) in [5.74, 6) is 1.81. The Morgan fingerprint density at radius 1 is 1.35 bits per heavy atom. The SMILES string of the molecule is CC1CCCc2c(Cl)nc(C3CCN(C)C3)n21. The highest BCUT2D eigenvalue weighted by molar-refractivity contribution is 6.30. The summed E-state index contributed by atoms with van der Waals surface area (Å²) in [6, 6.07) is 0.569. The Balaban J connectivity index is 2.00. The fourth-order valence-corrected chi connectivity index (χ4v) is 3.57. The molecular weight excluding hydrogens is 234 g/mol. The number of likely N-dealkylation sites (tertiary alicyclic amines) is 1. The number of nitrogens with zero attached hydrogens (tertiary/aromatic N) is 3. The molecule has 1 aromatic heterocycles. The highest BCUT2D eigenvalue weighted by atomic mass is 35.5. The van der Waals surface area contributed by atoms with Crippen LogP contribution in [0.1, 0.15) is 49.7 Å². The second-order valence-electron chi connectivity index (χ2n) is 5.57. The van der Waals surface area contributed by atoms with Gasteiger partial charge in [-0.1, -0.05) is 11.6 Å². The molecule has 1 saturated heterocycles. The number of hydrogen-bond donors (Lipinski definition) is 0. The molecule has 0 spiro atoms. The highest BCUT2D eigenvalue weighted by Gasteiger charge is 2.30. The molecule has 0 radical (unpaired) electrons. The fraction of sp³-hybridized carbons (Fsp3) is 0.769. The average Bonchev–Trinajstić information content (AvgIpc) is 2.85. The van der Waals surface area contributed by atoms with Gasteiger partial charge in [0, 0.05) is 18.5 Å². The molecule has 0 aliphatic carbocycles. The van der Waals surface area contributed by atoms with Gasteiger partial charge in [-0.05, 0) is 46.2 Å². The van der Waals surface area contributed by atoms with Crippen molar-refractivity contribution in [3.05, 3.63) is 16.7 Å². The van der Waals surface area contributed by atoms with Crippen LogP contribution in [0.3, 0.4) is 0 Å². The second-order valence-corrected chi connectivity index (χ2v) is 5.92. The van der Waals surface area contributed by atoms with E-state index in [0.29, 0.717) is 12.0 Å². The molecule has 3 heterocycles. The van der Waals surface area contributed by atoms with Crippen molar-refractivity contribution >= 4 is 11.6 Å². The Morgan fingerprint density at radius 2 is 2.18 bits per heavy atom. The molecule has 2 aliphatic heterocycles. The molecule has 1 fully saturated rings. The number of halogens is 1. The van der Waals surface area contributed by atoms with Crippen LogP contribution in [0, 0.1) is 0 Å². The summed E-state index contributed by atoms with van der Waals surface area (Å²) in [5.41, 5.74) is 1.27. The minimum absolute atomic E-state index is 0.569. The second kappa shape index (κ2) is 4.29. The van der Waals surface area contributed by atoms with Gasteiger partial charge in [-0.15, -0.1) is 0 Å². The summed E-state index contributed by atoms with van der Waals surface area (Å²) in [6.07, 6.45) is 4.82. The van der Waals surface area contributed by atoms with Gasteiger partial charge in [-0.25, -0.2) is 4.98 Å². The molecule has 3 rings (SSSR count). The lowest BCUT2D eigenvalue weighted by Crippen LogP contribution is -2.20. The quantitative estimate of drug-likeness (QED) is 0.768. The summed E-state index contributed by atoms with van der Waals surface area (Å²) in [6.45, 7) is 4.60. The molecule has 2 unspecified atom stereocenters. The standard InChI is InChI=1S/C13H20ClN3/c1-9-4-3-5-11-12(14)15-13(17(9)11)10-6-7-16(2)8-10/h9-10H,3-8H2,1-2H3. The van der Waals surface area contributed by atoms with E-state index >= 15 is 0 Å². The molecule has 17 heavy (non-hydrogen) atoms. The zero-order valence-electron chi connectivity index (χ0n) is 10.6. The normalized spacial score (nSPS) is 29.6. The van der Waals surface area contributed by atoms with Crippen LogP contribution >= 0.6 is 11.6 Å². The predicted molar refractivity (Wildman–Crippen MR) is 69.7 cm³/mol. The Kier molecular flexibility index (Phi) is 2.91. The van der Waals surface area contributed by atoms with Crippen molar-refractivity contribution in [1.82, 2.24) is 14.5 Å². The lowest BCUT2D eigenvalue weighted by molar-refractivity contribution is 0.389. The maximum absolute atomic E-state index is 6.30. The molecule has 1 aromatic rings. The van der Waals surface area contributed by atoms with E-state index in [-0.39, 0.29) is 0 Å². The Hall–Kier alpha value is -0.540. The van der Waals surface area contributed by atoms with E-state index in [0.717, 1.165) is 18.1 Å². The van der Waals surface area contributed by atoms with Gasteiger partial charge in [0.05, 0.1) is 5.69 Å². The number of hydrogen-bond acceptors (Lipinski definition) is 2. The first kappa shape index (κ1) is 11.5. The van der Waals surface area contributed by atoms with Gasteiger partial charge in [0.2, 0.25) is 0 Å². The van der Waals surface area contributed by atoms with Crippen molar-refractivity contribution in [2.75, 3.05) is 20.1 Å². The molecule has 94 valence electrons. The molecule has 4 heteroatoms. The molecule has 3 nitrogen and oxygen atoms in total. The zero-order chi connectivity index (χ0) is 12.0. The maximum atomic E-state index is 6.30. The molecule has 0 saturated carbocycles. The van der Waals surface area contributed by atoms with Crippen LogP contribution < -0.4 is 0 Å². The minimum atomic E-state index is 0.569. The molecule has 0 amide bonds. The van der Waals surface area contributed by atoms with Gasteiger partial charge in [0.25, 0.3) is 0 Å². The Labute approximate surface area is 108 Å². The smallest absolute Gasteiger partial charge is 0.150 e. The summed E-state index contributed by atoms with van der Waals surface area (Å²) in [5, 5.41) is 0.751. The molecule has 0 N–H and O–H groups in total. The van der Waals surface area contributed by atoms with E-state index < -0.39 is 0 Å². The van der Waals surface area contributed by atoms with Crippen LogP contribution in [0.15, 0.2) is 0 Å². The van der Waals surface area contributed by atoms with Gasteiger partial charge >= 0.3 is 0 Å². The fourth-order valence-electron chi connectivity index (χ4n) is 3.30. The van der Waals surface area contributed by atoms with Gasteiger partial charge in [0.1, 0.15) is 5.82 Å². The van der Waals surface area contributed by atoms with Crippen molar-refractivity contribution in [1.29, 1.82) is 0 Å². The first-order valence-electron chi connectivity index (χ1n) is 6.62. The number of rotatable bonds is 1. The van der Waals surface area contributed by atoms with Crippen molar-refractivity contribution < 1.29 is 0 Å². The predicted octanol–water partition coefficient (Wildman–Crippen LogP) is 2.85. The maximum Gasteiger partial charge on any atom is 0.150 e. The van der Waals surface area contributed by atoms with E-state index in [2.05, 4.69) is 28.4 Å². The van der Waals surface area contributed by atoms with Crippen LogP contribution in [0.4, 0.5) is 0 Å². The minimum Gasteiger partial charge on any atom is -0.327 e. The summed E-state index contributed by atoms with van der Waals surface area (Å²) in [7, 11) is 2.19.